The van der Waals surface area contributed by atoms with Crippen molar-refractivity contribution in [1.82, 2.24) is 29.5 Å². The molecule has 3 aliphatic rings. The highest BCUT2D eigenvalue weighted by Crippen LogP contribution is 2.33. The van der Waals surface area contributed by atoms with E-state index in [4.69, 9.17) is 9.97 Å². The molecule has 6 heterocycles. The van der Waals surface area contributed by atoms with Gasteiger partial charge in [-0.05, 0) is 56.4 Å². The number of hydrogen-bond acceptors (Lipinski definition) is 8. The maximum absolute atomic E-state index is 14.0. The third kappa shape index (κ3) is 3.31. The molecule has 2 saturated heterocycles. The number of aromatic nitrogens is 5. The molecule has 0 spiro atoms. The zero-order valence-corrected chi connectivity index (χ0v) is 19.7. The van der Waals surface area contributed by atoms with Gasteiger partial charge in [0.15, 0.2) is 11.5 Å². The highest BCUT2D eigenvalue weighted by molar-refractivity contribution is 5.83. The molecule has 0 amide bonds. The number of aliphatic hydroxyl groups is 1. The van der Waals surface area contributed by atoms with Crippen molar-refractivity contribution in [2.75, 3.05) is 18.0 Å². The first-order valence-corrected chi connectivity index (χ1v) is 12.6. The second kappa shape index (κ2) is 8.11. The highest BCUT2D eigenvalue weighted by Gasteiger charge is 2.40. The Morgan fingerprint density at radius 3 is 2.72 bits per heavy atom. The molecule has 3 fully saturated rings. The normalized spacial score (nSPS) is 25.6. The molecule has 182 valence electrons. The van der Waals surface area contributed by atoms with Crippen LogP contribution in [0.1, 0.15) is 43.7 Å². The fourth-order valence-electron chi connectivity index (χ4n) is 6.13. The van der Waals surface area contributed by atoms with E-state index in [9.17, 15) is 15.2 Å². The fraction of sp³-hybridized carbons (Fsp3) is 0.423. The standard InChI is InChI=1S/C26H26N8O2/c27-11-15-7-8-33-23(9-15)20(13-29-33)21-5-6-22-24(30-21)34(17-1-3-19(35)4-2-17)26(36)25(31-22)32-14-16-10-18(32)12-28-16/h5-9,13,16-19,28,35H,1-4,10,12,14H2. The maximum atomic E-state index is 14.0. The van der Waals surface area contributed by atoms with E-state index in [1.807, 2.05) is 16.7 Å². The molecule has 2 unspecified atom stereocenters. The average Bonchev–Trinajstić information content (AvgIpc) is 3.64. The quantitative estimate of drug-likeness (QED) is 0.454. The first-order chi connectivity index (χ1) is 17.6. The van der Waals surface area contributed by atoms with Gasteiger partial charge in [0.1, 0.15) is 5.52 Å². The maximum Gasteiger partial charge on any atom is 0.295 e. The van der Waals surface area contributed by atoms with Gasteiger partial charge in [0.05, 0.1) is 35.1 Å². The first kappa shape index (κ1) is 21.5. The summed E-state index contributed by atoms with van der Waals surface area (Å²) in [5.74, 6) is 0.506. The second-order valence-corrected chi connectivity index (χ2v) is 10.2. The monoisotopic (exact) mass is 482 g/mol. The number of hydrogen-bond donors (Lipinski definition) is 2. The Kier molecular flexibility index (Phi) is 4.84. The predicted octanol–water partition coefficient (Wildman–Crippen LogP) is 2.00. The van der Waals surface area contributed by atoms with Crippen molar-refractivity contribution in [3.05, 3.63) is 52.6 Å². The third-order valence-electron chi connectivity index (χ3n) is 8.01. The molecule has 4 aromatic heterocycles. The largest absolute Gasteiger partial charge is 0.393 e. The van der Waals surface area contributed by atoms with Crippen LogP contribution in [0.4, 0.5) is 5.82 Å². The van der Waals surface area contributed by atoms with E-state index in [-0.39, 0.29) is 23.7 Å². The van der Waals surface area contributed by atoms with Crippen LogP contribution < -0.4 is 15.8 Å². The lowest BCUT2D eigenvalue weighted by Gasteiger charge is -2.31. The van der Waals surface area contributed by atoms with Crippen LogP contribution >= 0.6 is 0 Å². The van der Waals surface area contributed by atoms with Crippen molar-refractivity contribution in [2.45, 2.75) is 56.3 Å². The molecule has 0 aromatic carbocycles. The number of nitrogens with zero attached hydrogens (tertiary/aromatic N) is 7. The molecule has 2 aliphatic heterocycles. The lowest BCUT2D eigenvalue weighted by molar-refractivity contribution is 0.111. The van der Waals surface area contributed by atoms with Gasteiger partial charge in [-0.2, -0.15) is 10.4 Å². The van der Waals surface area contributed by atoms with Crippen LogP contribution in [0.2, 0.25) is 0 Å². The van der Waals surface area contributed by atoms with Gasteiger partial charge in [0.2, 0.25) is 0 Å². The van der Waals surface area contributed by atoms with Gasteiger partial charge in [0, 0.05) is 43.0 Å². The zero-order valence-electron chi connectivity index (χ0n) is 19.7. The van der Waals surface area contributed by atoms with Crippen molar-refractivity contribution in [3.8, 4) is 17.3 Å². The highest BCUT2D eigenvalue weighted by atomic mass is 16.3. The van der Waals surface area contributed by atoms with E-state index in [0.717, 1.165) is 43.4 Å². The summed E-state index contributed by atoms with van der Waals surface area (Å²) in [5, 5.41) is 27.4. The summed E-state index contributed by atoms with van der Waals surface area (Å²) in [5.41, 5.74) is 3.93. The van der Waals surface area contributed by atoms with Crippen molar-refractivity contribution in [1.29, 1.82) is 5.26 Å². The number of piperazine rings is 1. The van der Waals surface area contributed by atoms with Crippen LogP contribution in [0, 0.1) is 11.3 Å². The average molecular weight is 483 g/mol. The molecule has 36 heavy (non-hydrogen) atoms. The van der Waals surface area contributed by atoms with Gasteiger partial charge >= 0.3 is 0 Å². The Balaban J connectivity index is 1.41. The number of rotatable bonds is 3. The number of anilines is 1. The Morgan fingerprint density at radius 2 is 1.97 bits per heavy atom. The molecule has 1 aliphatic carbocycles. The smallest absolute Gasteiger partial charge is 0.295 e. The van der Waals surface area contributed by atoms with E-state index < -0.39 is 0 Å². The van der Waals surface area contributed by atoms with Gasteiger partial charge < -0.3 is 15.3 Å². The first-order valence-electron chi connectivity index (χ1n) is 12.6. The molecule has 0 radical (unpaired) electrons. The number of aliphatic hydroxyl groups excluding tert-OH is 1. The minimum absolute atomic E-state index is 0.0417. The Labute approximate surface area is 206 Å². The summed E-state index contributed by atoms with van der Waals surface area (Å²) < 4.78 is 3.55. The van der Waals surface area contributed by atoms with Crippen LogP contribution in [0.15, 0.2) is 41.5 Å². The number of fused-ring (bicyclic) bond motifs is 4. The van der Waals surface area contributed by atoms with Gasteiger partial charge in [0.25, 0.3) is 5.56 Å². The van der Waals surface area contributed by atoms with E-state index in [1.54, 1.807) is 29.0 Å². The van der Waals surface area contributed by atoms with Crippen LogP contribution in [0.3, 0.4) is 0 Å². The van der Waals surface area contributed by atoms with Gasteiger partial charge in [-0.15, -0.1) is 0 Å². The molecule has 2 bridgehead atoms. The summed E-state index contributed by atoms with van der Waals surface area (Å²) in [6.45, 7) is 1.66. The molecule has 1 saturated carbocycles. The topological polar surface area (TPSA) is 124 Å². The Bertz CT molecular complexity index is 1590. The molecular weight excluding hydrogens is 456 g/mol. The molecule has 4 aromatic rings. The number of nitrogens with one attached hydrogen (secondary N) is 1. The van der Waals surface area contributed by atoms with Crippen LogP contribution in [-0.4, -0.2) is 60.5 Å². The van der Waals surface area contributed by atoms with Crippen LogP contribution in [0.5, 0.6) is 0 Å². The number of pyridine rings is 2. The molecule has 2 atom stereocenters. The fourth-order valence-corrected chi connectivity index (χ4v) is 6.13. The summed E-state index contributed by atoms with van der Waals surface area (Å²) >= 11 is 0. The van der Waals surface area contributed by atoms with E-state index in [2.05, 4.69) is 21.4 Å². The second-order valence-electron chi connectivity index (χ2n) is 10.2. The van der Waals surface area contributed by atoms with E-state index >= 15 is 0 Å². The van der Waals surface area contributed by atoms with Crippen molar-refractivity contribution >= 4 is 22.5 Å². The van der Waals surface area contributed by atoms with E-state index in [1.165, 1.54) is 0 Å². The minimum Gasteiger partial charge on any atom is -0.393 e. The van der Waals surface area contributed by atoms with Crippen LogP contribution in [0.25, 0.3) is 27.9 Å². The lowest BCUT2D eigenvalue weighted by atomic mass is 9.93. The minimum atomic E-state index is -0.318. The van der Waals surface area contributed by atoms with Crippen molar-refractivity contribution < 1.29 is 5.11 Å². The third-order valence-corrected chi connectivity index (χ3v) is 8.01. The molecule has 10 nitrogen and oxygen atoms in total. The van der Waals surface area contributed by atoms with Gasteiger partial charge in [-0.1, -0.05) is 0 Å². The zero-order chi connectivity index (χ0) is 24.4. The predicted molar refractivity (Wildman–Crippen MR) is 134 cm³/mol. The Hall–Kier alpha value is -3.81. The molecular formula is C26H26N8O2. The summed E-state index contributed by atoms with van der Waals surface area (Å²) in [4.78, 5) is 26.0. The van der Waals surface area contributed by atoms with Gasteiger partial charge in [-0.3, -0.25) is 9.36 Å². The summed E-state index contributed by atoms with van der Waals surface area (Å²) in [6, 6.07) is 10.2. The van der Waals surface area contributed by atoms with Crippen LogP contribution in [-0.2, 0) is 0 Å². The lowest BCUT2D eigenvalue weighted by Crippen LogP contribution is -2.47. The molecule has 7 rings (SSSR count). The number of nitriles is 1. The summed E-state index contributed by atoms with van der Waals surface area (Å²) in [7, 11) is 0. The van der Waals surface area contributed by atoms with Gasteiger partial charge in [-0.25, -0.2) is 14.5 Å². The SMILES string of the molecule is N#Cc1ccn2ncc(-c3ccc4nc(N5CC6CC5CN6)c(=O)n(C5CCC(O)CC5)c4n3)c2c1. The van der Waals surface area contributed by atoms with E-state index in [0.29, 0.717) is 47.1 Å². The van der Waals surface area contributed by atoms with Crippen molar-refractivity contribution in [2.24, 2.45) is 0 Å². The molecule has 2 N–H and O–H groups in total. The molecule has 10 heteroatoms. The Morgan fingerprint density at radius 1 is 1.11 bits per heavy atom. The summed E-state index contributed by atoms with van der Waals surface area (Å²) in [6.07, 6.45) is 6.99. The van der Waals surface area contributed by atoms with Crippen molar-refractivity contribution in [3.63, 3.8) is 0 Å².